The first-order valence-electron chi connectivity index (χ1n) is 14.6. The van der Waals surface area contributed by atoms with Crippen LogP contribution in [-0.2, 0) is 18.6 Å². The van der Waals surface area contributed by atoms with Crippen molar-refractivity contribution in [2.24, 2.45) is 0 Å². The molecule has 0 N–H and O–H groups in total. The van der Waals surface area contributed by atoms with Crippen LogP contribution in [0.2, 0.25) is 5.04 Å². The van der Waals surface area contributed by atoms with Gasteiger partial charge in [-0.25, -0.2) is 4.79 Å². The summed E-state index contributed by atoms with van der Waals surface area (Å²) >= 11 is 0. The first kappa shape index (κ1) is 30.9. The minimum atomic E-state index is -2.86. The van der Waals surface area contributed by atoms with Crippen LogP contribution in [0.4, 0.5) is 0 Å². The van der Waals surface area contributed by atoms with Crippen molar-refractivity contribution in [3.63, 3.8) is 0 Å². The van der Waals surface area contributed by atoms with Gasteiger partial charge in [-0.05, 0) is 54.2 Å². The van der Waals surface area contributed by atoms with Crippen LogP contribution in [0.25, 0.3) is 0 Å². The Labute approximate surface area is 246 Å². The second-order valence-corrected chi connectivity index (χ2v) is 16.1. The van der Waals surface area contributed by atoms with Crippen LogP contribution in [-0.4, -0.2) is 45.0 Å². The van der Waals surface area contributed by atoms with E-state index in [-0.39, 0.29) is 23.4 Å². The first-order chi connectivity index (χ1) is 19.7. The fourth-order valence-corrected chi connectivity index (χ4v) is 10.4. The van der Waals surface area contributed by atoms with Crippen molar-refractivity contribution >= 4 is 24.7 Å². The highest BCUT2D eigenvalue weighted by molar-refractivity contribution is 6.99. The van der Waals surface area contributed by atoms with Gasteiger partial charge in [-0.1, -0.05) is 106 Å². The highest BCUT2D eigenvalue weighted by Gasteiger charge is 2.53. The normalized spacial score (nSPS) is 22.1. The molecule has 5 atom stereocenters. The lowest BCUT2D eigenvalue weighted by molar-refractivity contribution is -0.270. The Bertz CT molecular complexity index is 1200. The molecule has 0 saturated carbocycles. The van der Waals surface area contributed by atoms with Crippen molar-refractivity contribution in [1.29, 1.82) is 0 Å². The topological polar surface area (TPSA) is 54.0 Å². The van der Waals surface area contributed by atoms with Crippen molar-refractivity contribution in [3.05, 3.63) is 109 Å². The van der Waals surface area contributed by atoms with E-state index in [0.29, 0.717) is 12.0 Å². The number of allylic oxidation sites excluding steroid dienone is 1. The van der Waals surface area contributed by atoms with E-state index < -0.39 is 26.7 Å². The van der Waals surface area contributed by atoms with Gasteiger partial charge >= 0.3 is 5.97 Å². The zero-order chi connectivity index (χ0) is 29.5. The summed E-state index contributed by atoms with van der Waals surface area (Å²) in [6.07, 6.45) is 1.96. The summed E-state index contributed by atoms with van der Waals surface area (Å²) in [5.74, 6) is -0.398. The monoisotopic (exact) mass is 572 g/mol. The Kier molecular flexibility index (Phi) is 10.4. The van der Waals surface area contributed by atoms with E-state index in [4.69, 9.17) is 18.6 Å². The minimum Gasteiger partial charge on any atom is -0.453 e. The predicted molar refractivity (Wildman–Crippen MR) is 167 cm³/mol. The Morgan fingerprint density at radius 2 is 1.49 bits per heavy atom. The van der Waals surface area contributed by atoms with Crippen molar-refractivity contribution in [1.82, 2.24) is 0 Å². The molecule has 1 heterocycles. The Morgan fingerprint density at radius 3 is 2.00 bits per heavy atom. The second kappa shape index (κ2) is 13.8. The number of hydrogen-bond donors (Lipinski definition) is 0. The van der Waals surface area contributed by atoms with Gasteiger partial charge in [-0.15, -0.1) is 6.58 Å². The molecule has 1 fully saturated rings. The molecule has 218 valence electrons. The molecule has 0 amide bonds. The molecule has 41 heavy (non-hydrogen) atoms. The molecule has 3 aromatic carbocycles. The van der Waals surface area contributed by atoms with Gasteiger partial charge in [0.1, 0.15) is 0 Å². The average Bonchev–Trinajstić information content (AvgIpc) is 2.97. The summed E-state index contributed by atoms with van der Waals surface area (Å²) < 4.78 is 26.4. The number of benzene rings is 3. The van der Waals surface area contributed by atoms with Crippen LogP contribution in [0.15, 0.2) is 104 Å². The van der Waals surface area contributed by atoms with E-state index in [9.17, 15) is 4.79 Å². The lowest BCUT2D eigenvalue weighted by Crippen LogP contribution is -2.69. The van der Waals surface area contributed by atoms with Crippen LogP contribution < -0.4 is 10.4 Å². The third kappa shape index (κ3) is 7.25. The van der Waals surface area contributed by atoms with Crippen molar-refractivity contribution in [2.75, 3.05) is 0 Å². The lowest BCUT2D eigenvalue weighted by atomic mass is 10.0. The van der Waals surface area contributed by atoms with E-state index in [0.717, 1.165) is 12.8 Å². The zero-order valence-electron chi connectivity index (χ0n) is 25.0. The van der Waals surface area contributed by atoms with Crippen LogP contribution in [0, 0.1) is 0 Å². The zero-order valence-corrected chi connectivity index (χ0v) is 26.0. The SMILES string of the molecule is C=CCCC(C)O[C@@H]1O[C@@H](C)[C@H](O[Si](c2ccccc2)(c2ccccc2)C(C)(C)C)C[C@H]1OC(=O)c1ccccc1. The maximum Gasteiger partial charge on any atom is 0.338 e. The van der Waals surface area contributed by atoms with Gasteiger partial charge in [-0.2, -0.15) is 0 Å². The number of hydrogen-bond acceptors (Lipinski definition) is 5. The standard InChI is InChI=1S/C35H44O5Si/c1-7-8-18-26(2)37-34-32(39-33(36)28-19-12-9-13-20-28)25-31(27(3)38-34)40-41(35(4,5)6,29-21-14-10-15-22-29)30-23-16-11-17-24-30/h7,9-17,19-24,26-27,31-32,34H,1,8,18,25H2,2-6H3/t26?,27-,31+,32+,34+/m0/s1. The number of carbonyl (C=O) groups excluding carboxylic acids is 1. The van der Waals surface area contributed by atoms with Crippen LogP contribution in [0.5, 0.6) is 0 Å². The van der Waals surface area contributed by atoms with Gasteiger partial charge in [0.25, 0.3) is 8.32 Å². The second-order valence-electron chi connectivity index (χ2n) is 11.9. The molecule has 3 aromatic rings. The molecule has 0 spiro atoms. The van der Waals surface area contributed by atoms with Crippen molar-refractivity contribution in [3.8, 4) is 0 Å². The summed E-state index contributed by atoms with van der Waals surface area (Å²) in [7, 11) is -2.86. The third-order valence-electron chi connectivity index (χ3n) is 7.80. The maximum absolute atomic E-state index is 13.2. The molecule has 0 radical (unpaired) electrons. The number of esters is 1. The van der Waals surface area contributed by atoms with E-state index in [2.05, 4.69) is 75.9 Å². The Morgan fingerprint density at radius 1 is 0.951 bits per heavy atom. The maximum atomic E-state index is 13.2. The molecule has 5 nitrogen and oxygen atoms in total. The smallest absolute Gasteiger partial charge is 0.338 e. The highest BCUT2D eigenvalue weighted by atomic mass is 28.4. The molecule has 0 bridgehead atoms. The van der Waals surface area contributed by atoms with Crippen molar-refractivity contribution in [2.45, 2.75) is 89.6 Å². The van der Waals surface area contributed by atoms with Gasteiger partial charge < -0.3 is 18.6 Å². The molecule has 0 aliphatic carbocycles. The first-order valence-corrected chi connectivity index (χ1v) is 16.5. The van der Waals surface area contributed by atoms with E-state index in [1.807, 2.05) is 50.3 Å². The summed E-state index contributed by atoms with van der Waals surface area (Å²) in [6.45, 7) is 14.6. The molecule has 1 aliphatic rings. The van der Waals surface area contributed by atoms with Gasteiger partial charge in [0.2, 0.25) is 0 Å². The average molecular weight is 573 g/mol. The fraction of sp³-hybridized carbons (Fsp3) is 0.400. The van der Waals surface area contributed by atoms with Crippen LogP contribution >= 0.6 is 0 Å². The van der Waals surface area contributed by atoms with Gasteiger partial charge in [0.15, 0.2) is 12.4 Å². The third-order valence-corrected chi connectivity index (χ3v) is 12.9. The highest BCUT2D eigenvalue weighted by Crippen LogP contribution is 2.40. The van der Waals surface area contributed by atoms with Crippen molar-refractivity contribution < 1.29 is 23.4 Å². The molecule has 4 rings (SSSR count). The fourth-order valence-electron chi connectivity index (χ4n) is 5.63. The molecule has 6 heteroatoms. The predicted octanol–water partition coefficient (Wildman–Crippen LogP) is 6.66. The van der Waals surface area contributed by atoms with E-state index in [1.165, 1.54) is 10.4 Å². The number of carbonyl (C=O) groups is 1. The number of ether oxygens (including phenoxy) is 3. The Hall–Kier alpha value is -3.03. The van der Waals surface area contributed by atoms with Gasteiger partial charge in [0, 0.05) is 6.42 Å². The molecule has 1 saturated heterocycles. The Balaban J connectivity index is 1.69. The summed E-state index contributed by atoms with van der Waals surface area (Å²) in [6, 6.07) is 30.2. The molecule has 1 unspecified atom stereocenters. The van der Waals surface area contributed by atoms with E-state index >= 15 is 0 Å². The molecular formula is C35H44O5Si. The molecule has 1 aliphatic heterocycles. The minimum absolute atomic E-state index is 0.0859. The lowest BCUT2D eigenvalue weighted by Gasteiger charge is -2.48. The van der Waals surface area contributed by atoms with Crippen LogP contribution in [0.1, 0.15) is 64.2 Å². The summed E-state index contributed by atoms with van der Waals surface area (Å²) in [4.78, 5) is 13.2. The molecular weight excluding hydrogens is 528 g/mol. The summed E-state index contributed by atoms with van der Waals surface area (Å²) in [5, 5.41) is 2.19. The molecule has 0 aromatic heterocycles. The number of rotatable bonds is 11. The van der Waals surface area contributed by atoms with Gasteiger partial charge in [-0.3, -0.25) is 0 Å². The van der Waals surface area contributed by atoms with Crippen LogP contribution in [0.3, 0.4) is 0 Å². The van der Waals surface area contributed by atoms with E-state index in [1.54, 1.807) is 12.1 Å². The van der Waals surface area contributed by atoms with Gasteiger partial charge in [0.05, 0.1) is 23.9 Å². The largest absolute Gasteiger partial charge is 0.453 e. The summed E-state index contributed by atoms with van der Waals surface area (Å²) in [5.41, 5.74) is 0.494. The quantitative estimate of drug-likeness (QED) is 0.146.